The van der Waals surface area contributed by atoms with Gasteiger partial charge in [-0.15, -0.1) is 0 Å². The van der Waals surface area contributed by atoms with Gasteiger partial charge < -0.3 is 9.52 Å². The van der Waals surface area contributed by atoms with Crippen molar-refractivity contribution in [3.05, 3.63) is 24.2 Å². The van der Waals surface area contributed by atoms with Crippen molar-refractivity contribution < 1.29 is 9.52 Å². The molecule has 0 spiro atoms. The predicted octanol–water partition coefficient (Wildman–Crippen LogP) is 1.24. The van der Waals surface area contributed by atoms with E-state index in [1.165, 1.54) is 5.56 Å². The van der Waals surface area contributed by atoms with Crippen LogP contribution >= 0.6 is 0 Å². The molecule has 1 aliphatic rings. The molecular formula is C10H15NO2. The number of rotatable bonds is 3. The highest BCUT2D eigenvalue weighted by Gasteiger charge is 2.38. The minimum absolute atomic E-state index is 0.427. The fourth-order valence-electron chi connectivity index (χ4n) is 1.76. The van der Waals surface area contributed by atoms with Gasteiger partial charge in [0, 0.05) is 25.2 Å². The minimum Gasteiger partial charge on any atom is -0.472 e. The zero-order chi connectivity index (χ0) is 9.31. The van der Waals surface area contributed by atoms with Crippen LogP contribution in [0.15, 0.2) is 23.0 Å². The van der Waals surface area contributed by atoms with Gasteiger partial charge in [-0.05, 0) is 12.5 Å². The summed E-state index contributed by atoms with van der Waals surface area (Å²) < 4.78 is 4.97. The topological polar surface area (TPSA) is 36.6 Å². The van der Waals surface area contributed by atoms with Gasteiger partial charge in [0.05, 0.1) is 18.1 Å². The first-order valence-corrected chi connectivity index (χ1v) is 4.68. The van der Waals surface area contributed by atoms with Gasteiger partial charge >= 0.3 is 0 Å². The lowest BCUT2D eigenvalue weighted by Gasteiger charge is -2.46. The molecule has 0 amide bonds. The molecule has 0 aliphatic carbocycles. The van der Waals surface area contributed by atoms with E-state index < -0.39 is 5.60 Å². The molecule has 0 radical (unpaired) electrons. The lowest BCUT2D eigenvalue weighted by molar-refractivity contribution is -0.103. The van der Waals surface area contributed by atoms with Gasteiger partial charge in [0.25, 0.3) is 0 Å². The van der Waals surface area contributed by atoms with Crippen LogP contribution in [0.1, 0.15) is 18.9 Å². The van der Waals surface area contributed by atoms with Crippen LogP contribution in [-0.4, -0.2) is 28.7 Å². The van der Waals surface area contributed by atoms with Crippen LogP contribution in [0.5, 0.6) is 0 Å². The Morgan fingerprint density at radius 2 is 2.38 bits per heavy atom. The second kappa shape index (κ2) is 3.16. The molecule has 1 aromatic rings. The largest absolute Gasteiger partial charge is 0.472 e. The summed E-state index contributed by atoms with van der Waals surface area (Å²) in [6, 6.07) is 1.96. The average Bonchev–Trinajstić information content (AvgIpc) is 2.54. The van der Waals surface area contributed by atoms with Crippen molar-refractivity contribution in [2.75, 3.05) is 13.1 Å². The minimum atomic E-state index is -0.427. The summed E-state index contributed by atoms with van der Waals surface area (Å²) in [5.41, 5.74) is 0.752. The second-order valence-corrected chi connectivity index (χ2v) is 3.85. The van der Waals surface area contributed by atoms with Crippen molar-refractivity contribution in [2.24, 2.45) is 0 Å². The second-order valence-electron chi connectivity index (χ2n) is 3.85. The van der Waals surface area contributed by atoms with E-state index in [1.54, 1.807) is 12.5 Å². The molecule has 1 aromatic heterocycles. The molecule has 1 N–H and O–H groups in total. The Morgan fingerprint density at radius 3 is 2.92 bits per heavy atom. The Balaban J connectivity index is 1.82. The summed E-state index contributed by atoms with van der Waals surface area (Å²) in [5, 5.41) is 9.75. The number of hydrogen-bond acceptors (Lipinski definition) is 3. The van der Waals surface area contributed by atoms with Crippen molar-refractivity contribution in [2.45, 2.75) is 25.5 Å². The highest BCUT2D eigenvalue weighted by molar-refractivity contribution is 5.07. The zero-order valence-electron chi connectivity index (χ0n) is 7.86. The van der Waals surface area contributed by atoms with E-state index in [-0.39, 0.29) is 0 Å². The molecule has 0 bridgehead atoms. The lowest BCUT2D eigenvalue weighted by Crippen LogP contribution is -2.60. The maximum Gasteiger partial charge on any atom is 0.0947 e. The molecule has 0 unspecified atom stereocenters. The number of aliphatic hydroxyl groups is 1. The SMILES string of the molecule is CCC1(O)CN(Cc2ccoc2)C1. The fourth-order valence-corrected chi connectivity index (χ4v) is 1.76. The Labute approximate surface area is 78.0 Å². The molecule has 2 rings (SSSR count). The molecule has 13 heavy (non-hydrogen) atoms. The highest BCUT2D eigenvalue weighted by atomic mass is 16.3. The molecule has 3 nitrogen and oxygen atoms in total. The Bertz CT molecular complexity index is 262. The van der Waals surface area contributed by atoms with Crippen LogP contribution in [0.25, 0.3) is 0 Å². The van der Waals surface area contributed by atoms with Crippen LogP contribution in [-0.2, 0) is 6.54 Å². The summed E-state index contributed by atoms with van der Waals surface area (Å²) >= 11 is 0. The maximum atomic E-state index is 9.75. The molecule has 3 heteroatoms. The van der Waals surface area contributed by atoms with Crippen LogP contribution in [0, 0.1) is 0 Å². The van der Waals surface area contributed by atoms with Crippen LogP contribution in [0.3, 0.4) is 0 Å². The van der Waals surface area contributed by atoms with E-state index in [1.807, 2.05) is 13.0 Å². The summed E-state index contributed by atoms with van der Waals surface area (Å²) in [4.78, 5) is 2.22. The maximum absolute atomic E-state index is 9.75. The first-order valence-electron chi connectivity index (χ1n) is 4.68. The summed E-state index contributed by atoms with van der Waals surface area (Å²) in [6.07, 6.45) is 4.28. The van der Waals surface area contributed by atoms with Crippen molar-refractivity contribution >= 4 is 0 Å². The van der Waals surface area contributed by atoms with Crippen LogP contribution < -0.4 is 0 Å². The number of β-amino-alcohol motifs (C(OH)–C–C–N with tert-alkyl or cyclic N) is 1. The van der Waals surface area contributed by atoms with Gasteiger partial charge in [-0.3, -0.25) is 4.90 Å². The van der Waals surface area contributed by atoms with Crippen LogP contribution in [0.4, 0.5) is 0 Å². The third-order valence-electron chi connectivity index (χ3n) is 2.68. The molecule has 0 saturated carbocycles. The first-order chi connectivity index (χ1) is 6.22. The molecule has 0 atom stereocenters. The summed E-state index contributed by atoms with van der Waals surface area (Å²) in [7, 11) is 0. The Morgan fingerprint density at radius 1 is 1.62 bits per heavy atom. The quantitative estimate of drug-likeness (QED) is 0.762. The van der Waals surface area contributed by atoms with Gasteiger partial charge in [0.2, 0.25) is 0 Å². The number of hydrogen-bond donors (Lipinski definition) is 1. The number of likely N-dealkylation sites (tertiary alicyclic amines) is 1. The van der Waals surface area contributed by atoms with Gasteiger partial charge in [0.1, 0.15) is 0 Å². The summed E-state index contributed by atoms with van der Waals surface area (Å²) in [5.74, 6) is 0. The van der Waals surface area contributed by atoms with Gasteiger partial charge in [-0.2, -0.15) is 0 Å². The van der Waals surface area contributed by atoms with Crippen molar-refractivity contribution in [3.63, 3.8) is 0 Å². The normalized spacial score (nSPS) is 21.4. The van der Waals surface area contributed by atoms with E-state index in [2.05, 4.69) is 4.90 Å². The van der Waals surface area contributed by atoms with E-state index in [9.17, 15) is 5.11 Å². The molecule has 0 aromatic carbocycles. The van der Waals surface area contributed by atoms with Crippen molar-refractivity contribution in [1.82, 2.24) is 4.90 Å². The summed E-state index contributed by atoms with van der Waals surface area (Å²) in [6.45, 7) is 4.48. The molecular weight excluding hydrogens is 166 g/mol. The fraction of sp³-hybridized carbons (Fsp3) is 0.600. The van der Waals surface area contributed by atoms with Crippen molar-refractivity contribution in [3.8, 4) is 0 Å². The van der Waals surface area contributed by atoms with Gasteiger partial charge in [0.15, 0.2) is 0 Å². The zero-order valence-corrected chi connectivity index (χ0v) is 7.86. The molecule has 1 fully saturated rings. The molecule has 1 aliphatic heterocycles. The molecule has 2 heterocycles. The van der Waals surface area contributed by atoms with E-state index in [0.717, 1.165) is 26.1 Å². The van der Waals surface area contributed by atoms with Crippen LogP contribution in [0.2, 0.25) is 0 Å². The highest BCUT2D eigenvalue weighted by Crippen LogP contribution is 2.25. The molecule has 72 valence electrons. The van der Waals surface area contributed by atoms with E-state index >= 15 is 0 Å². The van der Waals surface area contributed by atoms with Gasteiger partial charge in [-0.1, -0.05) is 6.92 Å². The first kappa shape index (κ1) is 8.78. The third-order valence-corrected chi connectivity index (χ3v) is 2.68. The number of nitrogens with zero attached hydrogens (tertiary/aromatic N) is 1. The van der Waals surface area contributed by atoms with Crippen molar-refractivity contribution in [1.29, 1.82) is 0 Å². The Kier molecular flexibility index (Phi) is 2.14. The average molecular weight is 181 g/mol. The standard InChI is InChI=1S/C10H15NO2/c1-2-10(12)7-11(8-10)5-9-3-4-13-6-9/h3-4,6,12H,2,5,7-8H2,1H3. The number of furan rings is 1. The Hall–Kier alpha value is -0.800. The van der Waals surface area contributed by atoms with E-state index in [4.69, 9.17) is 4.42 Å². The monoisotopic (exact) mass is 181 g/mol. The lowest BCUT2D eigenvalue weighted by atomic mass is 9.91. The van der Waals surface area contributed by atoms with Gasteiger partial charge in [-0.25, -0.2) is 0 Å². The smallest absolute Gasteiger partial charge is 0.0947 e. The van der Waals surface area contributed by atoms with E-state index in [0.29, 0.717) is 0 Å². The molecule has 1 saturated heterocycles. The predicted molar refractivity (Wildman–Crippen MR) is 49.2 cm³/mol. The third kappa shape index (κ3) is 1.76.